The van der Waals surface area contributed by atoms with Crippen molar-refractivity contribution in [1.29, 1.82) is 0 Å². The normalized spacial score (nSPS) is 18.4. The van der Waals surface area contributed by atoms with E-state index in [9.17, 15) is 31.1 Å². The Balaban J connectivity index is 1.21. The van der Waals surface area contributed by atoms with E-state index in [1.54, 1.807) is 0 Å². The van der Waals surface area contributed by atoms with E-state index in [1.165, 1.54) is 28.6 Å². The summed E-state index contributed by atoms with van der Waals surface area (Å²) in [6, 6.07) is 9.98. The molecule has 9 nitrogen and oxygen atoms in total. The van der Waals surface area contributed by atoms with E-state index in [-0.39, 0.29) is 35.4 Å². The highest BCUT2D eigenvalue weighted by molar-refractivity contribution is 7.89. The van der Waals surface area contributed by atoms with E-state index < -0.39 is 33.2 Å². The van der Waals surface area contributed by atoms with Crippen LogP contribution in [0.15, 0.2) is 59.6 Å². The van der Waals surface area contributed by atoms with Gasteiger partial charge in [-0.25, -0.2) is 17.8 Å². The van der Waals surface area contributed by atoms with Crippen LogP contribution in [0.3, 0.4) is 0 Å². The van der Waals surface area contributed by atoms with Gasteiger partial charge < -0.3 is 20.6 Å². The van der Waals surface area contributed by atoms with Gasteiger partial charge in [-0.2, -0.15) is 22.5 Å². The lowest BCUT2D eigenvalue weighted by molar-refractivity contribution is -0.137. The van der Waals surface area contributed by atoms with Gasteiger partial charge in [-0.05, 0) is 87.3 Å². The predicted octanol–water partition coefficient (Wildman–Crippen LogP) is 4.73. The monoisotopic (exact) mass is 594 g/mol. The molecule has 3 N–H and O–H groups in total. The van der Waals surface area contributed by atoms with Gasteiger partial charge in [0, 0.05) is 31.0 Å². The summed E-state index contributed by atoms with van der Waals surface area (Å²) in [6.07, 6.45) is -0.607. The van der Waals surface area contributed by atoms with Crippen LogP contribution in [0.2, 0.25) is 0 Å². The van der Waals surface area contributed by atoms with Gasteiger partial charge in [-0.3, -0.25) is 0 Å². The Morgan fingerprint density at radius 3 is 2.10 bits per heavy atom. The average Bonchev–Trinajstić information content (AvgIpc) is 3.43. The molecule has 0 radical (unpaired) electrons. The fourth-order valence-corrected chi connectivity index (χ4v) is 6.48. The smallest absolute Gasteiger partial charge is 0.388 e. The van der Waals surface area contributed by atoms with E-state index in [1.807, 2.05) is 0 Å². The zero-order chi connectivity index (χ0) is 29.3. The Hall–Kier alpha value is -3.33. The molecule has 1 aromatic heterocycles. The standard InChI is InChI=1S/C27H30F4N6O3S/c28-23-17-32-25(35-24(23)33-20-5-3-19(4-6-20)27(29,30)31)34-21-7-9-22(10-8-21)41(39,40)37-15-11-26(38,12-16-37)18-36-13-1-2-14-36/h3-10,17,38H,1-2,11-16,18H2,(H2,32,33,34,35). The highest BCUT2D eigenvalue weighted by Gasteiger charge is 2.38. The van der Waals surface area contributed by atoms with Crippen LogP contribution < -0.4 is 10.6 Å². The Bertz CT molecular complexity index is 1460. The van der Waals surface area contributed by atoms with Crippen molar-refractivity contribution in [2.45, 2.75) is 42.4 Å². The number of piperidine rings is 1. The summed E-state index contributed by atoms with van der Waals surface area (Å²) >= 11 is 0. The number of anilines is 4. The minimum Gasteiger partial charge on any atom is -0.388 e. The van der Waals surface area contributed by atoms with Crippen molar-refractivity contribution in [1.82, 2.24) is 19.2 Å². The lowest BCUT2D eigenvalue weighted by Crippen LogP contribution is -2.51. The molecule has 0 spiro atoms. The van der Waals surface area contributed by atoms with Gasteiger partial charge >= 0.3 is 6.18 Å². The summed E-state index contributed by atoms with van der Waals surface area (Å²) in [5, 5.41) is 16.5. The van der Waals surface area contributed by atoms with Gasteiger partial charge in [0.15, 0.2) is 11.6 Å². The number of hydrogen-bond donors (Lipinski definition) is 3. The molecule has 2 saturated heterocycles. The van der Waals surface area contributed by atoms with Crippen LogP contribution in [-0.2, 0) is 16.2 Å². The molecule has 0 unspecified atom stereocenters. The molecule has 0 atom stereocenters. The van der Waals surface area contributed by atoms with E-state index in [2.05, 4.69) is 25.5 Å². The molecular weight excluding hydrogens is 564 g/mol. The highest BCUT2D eigenvalue weighted by Crippen LogP contribution is 2.31. The molecule has 3 heterocycles. The molecule has 2 fully saturated rings. The first-order valence-corrected chi connectivity index (χ1v) is 14.6. The second kappa shape index (κ2) is 11.5. The van der Waals surface area contributed by atoms with Gasteiger partial charge in [0.05, 0.1) is 22.3 Å². The minimum atomic E-state index is -4.49. The molecule has 0 amide bonds. The molecule has 0 saturated carbocycles. The summed E-state index contributed by atoms with van der Waals surface area (Å²) in [5.41, 5.74) is -1.09. The molecule has 41 heavy (non-hydrogen) atoms. The SMILES string of the molecule is O=S(=O)(c1ccc(Nc2ncc(F)c(Nc3ccc(C(F)(F)F)cc3)n2)cc1)N1CCC(O)(CN2CCCC2)CC1. The van der Waals surface area contributed by atoms with Crippen molar-refractivity contribution >= 4 is 33.2 Å². The molecule has 0 aliphatic carbocycles. The lowest BCUT2D eigenvalue weighted by Gasteiger charge is -2.39. The van der Waals surface area contributed by atoms with Gasteiger partial charge in [0.1, 0.15) is 0 Å². The van der Waals surface area contributed by atoms with Gasteiger partial charge in [0.2, 0.25) is 16.0 Å². The van der Waals surface area contributed by atoms with Crippen LogP contribution in [0, 0.1) is 5.82 Å². The topological polar surface area (TPSA) is 111 Å². The zero-order valence-electron chi connectivity index (χ0n) is 22.0. The first-order chi connectivity index (χ1) is 19.4. The van der Waals surface area contributed by atoms with Crippen molar-refractivity contribution in [3.63, 3.8) is 0 Å². The summed E-state index contributed by atoms with van der Waals surface area (Å²) in [5.74, 6) is -1.08. The summed E-state index contributed by atoms with van der Waals surface area (Å²) in [4.78, 5) is 10.2. The maximum absolute atomic E-state index is 14.3. The quantitative estimate of drug-likeness (QED) is 0.321. The number of sulfonamides is 1. The molecule has 3 aromatic rings. The van der Waals surface area contributed by atoms with Crippen LogP contribution in [0.1, 0.15) is 31.2 Å². The summed E-state index contributed by atoms with van der Waals surface area (Å²) < 4.78 is 80.5. The van der Waals surface area contributed by atoms with Crippen LogP contribution in [0.5, 0.6) is 0 Å². The minimum absolute atomic E-state index is 0.00950. The first kappa shape index (κ1) is 29.2. The molecule has 14 heteroatoms. The fraction of sp³-hybridized carbons (Fsp3) is 0.407. The summed E-state index contributed by atoms with van der Waals surface area (Å²) in [6.45, 7) is 2.94. The van der Waals surface area contributed by atoms with E-state index in [0.717, 1.165) is 56.4 Å². The summed E-state index contributed by atoms with van der Waals surface area (Å²) in [7, 11) is -3.77. The Morgan fingerprint density at radius 2 is 1.49 bits per heavy atom. The third-order valence-corrected chi connectivity index (χ3v) is 9.25. The second-order valence-corrected chi connectivity index (χ2v) is 12.3. The van der Waals surface area contributed by atoms with Crippen molar-refractivity contribution in [3.8, 4) is 0 Å². The third kappa shape index (κ3) is 6.94. The number of halogens is 4. The number of likely N-dealkylation sites (tertiary alicyclic amines) is 1. The molecule has 0 bridgehead atoms. The number of aromatic nitrogens is 2. The number of alkyl halides is 3. The Labute approximate surface area is 235 Å². The van der Waals surface area contributed by atoms with Crippen molar-refractivity contribution in [3.05, 3.63) is 66.1 Å². The largest absolute Gasteiger partial charge is 0.416 e. The Kier molecular flexibility index (Phi) is 8.19. The number of hydrogen-bond acceptors (Lipinski definition) is 8. The third-order valence-electron chi connectivity index (χ3n) is 7.34. The van der Waals surface area contributed by atoms with Crippen LogP contribution in [0.4, 0.5) is 40.7 Å². The Morgan fingerprint density at radius 1 is 0.902 bits per heavy atom. The van der Waals surface area contributed by atoms with Crippen molar-refractivity contribution < 1.29 is 31.1 Å². The maximum Gasteiger partial charge on any atom is 0.416 e. The molecule has 2 aliphatic rings. The van der Waals surface area contributed by atoms with Crippen LogP contribution in [0.25, 0.3) is 0 Å². The van der Waals surface area contributed by atoms with Crippen molar-refractivity contribution in [2.75, 3.05) is 43.4 Å². The van der Waals surface area contributed by atoms with Gasteiger partial charge in [-0.15, -0.1) is 0 Å². The lowest BCUT2D eigenvalue weighted by atomic mass is 9.92. The number of benzene rings is 2. The maximum atomic E-state index is 14.3. The first-order valence-electron chi connectivity index (χ1n) is 13.2. The molecular formula is C27H30F4N6O3S. The van der Waals surface area contributed by atoms with Crippen molar-refractivity contribution in [2.24, 2.45) is 0 Å². The predicted molar refractivity (Wildman–Crippen MR) is 145 cm³/mol. The van der Waals surface area contributed by atoms with E-state index in [4.69, 9.17) is 0 Å². The van der Waals surface area contributed by atoms with E-state index >= 15 is 0 Å². The van der Waals surface area contributed by atoms with E-state index in [0.29, 0.717) is 25.1 Å². The van der Waals surface area contributed by atoms with Gasteiger partial charge in [0.25, 0.3) is 0 Å². The second-order valence-electron chi connectivity index (χ2n) is 10.4. The molecule has 5 rings (SSSR count). The highest BCUT2D eigenvalue weighted by atomic mass is 32.2. The molecule has 2 aromatic carbocycles. The van der Waals surface area contributed by atoms with Crippen LogP contribution >= 0.6 is 0 Å². The number of nitrogens with one attached hydrogen (secondary N) is 2. The number of nitrogens with zero attached hydrogens (tertiary/aromatic N) is 4. The molecule has 2 aliphatic heterocycles. The van der Waals surface area contributed by atoms with Crippen LogP contribution in [-0.4, -0.2) is 71.0 Å². The number of rotatable bonds is 8. The number of aliphatic hydroxyl groups is 1. The number of β-amino-alcohol motifs (C(OH)–C–C–N with tert-alkyl or cyclic N) is 1. The zero-order valence-corrected chi connectivity index (χ0v) is 22.8. The fourth-order valence-electron chi connectivity index (χ4n) is 5.04. The molecule has 220 valence electrons. The van der Waals surface area contributed by atoms with Gasteiger partial charge in [-0.1, -0.05) is 0 Å². The average molecular weight is 595 g/mol.